The van der Waals surface area contributed by atoms with E-state index in [1.165, 1.54) is 4.90 Å². The minimum absolute atomic E-state index is 0.458. The quantitative estimate of drug-likeness (QED) is 0.351. The summed E-state index contributed by atoms with van der Waals surface area (Å²) in [4.78, 5) is 31.9. The molecule has 1 atom stereocenters. The van der Waals surface area contributed by atoms with Crippen LogP contribution in [0.15, 0.2) is 59.7 Å². The van der Waals surface area contributed by atoms with Crippen LogP contribution in [0.2, 0.25) is 0 Å². The first-order valence-electron chi connectivity index (χ1n) is 8.52. The molecular formula is C19H19N5O2. The lowest BCUT2D eigenvalue weighted by atomic mass is 10.2. The second kappa shape index (κ2) is 7.72. The molecular weight excluding hydrogens is 330 g/mol. The SMILES string of the molecule is CCCCN1C(=O)C(N=[N+]=[N-])C(=O)N(c2ccccc2)c2ccccc21. The van der Waals surface area contributed by atoms with Crippen molar-refractivity contribution in [1.29, 1.82) is 0 Å². The van der Waals surface area contributed by atoms with Gasteiger partial charge in [0.1, 0.15) is 0 Å². The highest BCUT2D eigenvalue weighted by atomic mass is 16.2. The largest absolute Gasteiger partial charge is 0.310 e. The Bertz CT molecular complexity index is 861. The number of rotatable bonds is 5. The van der Waals surface area contributed by atoms with Crippen LogP contribution in [0.4, 0.5) is 17.1 Å². The number of para-hydroxylation sites is 3. The molecule has 1 unspecified atom stereocenters. The Kier molecular flexibility index (Phi) is 5.20. The summed E-state index contributed by atoms with van der Waals surface area (Å²) in [6.45, 7) is 2.49. The molecule has 2 aromatic carbocycles. The molecule has 3 rings (SSSR count). The molecule has 0 saturated heterocycles. The third kappa shape index (κ3) is 3.12. The first-order valence-corrected chi connectivity index (χ1v) is 8.52. The molecule has 0 saturated carbocycles. The van der Waals surface area contributed by atoms with E-state index in [9.17, 15) is 9.59 Å². The smallest absolute Gasteiger partial charge is 0.250 e. The van der Waals surface area contributed by atoms with Crippen molar-refractivity contribution in [2.45, 2.75) is 25.8 Å². The Hall–Kier alpha value is -3.31. The van der Waals surface area contributed by atoms with Crippen molar-refractivity contribution in [1.82, 2.24) is 0 Å². The normalized spacial score (nSPS) is 16.7. The molecule has 7 nitrogen and oxygen atoms in total. The van der Waals surface area contributed by atoms with E-state index in [2.05, 4.69) is 10.0 Å². The molecule has 0 N–H and O–H groups in total. The van der Waals surface area contributed by atoms with E-state index < -0.39 is 17.9 Å². The van der Waals surface area contributed by atoms with Crippen LogP contribution in [-0.2, 0) is 9.59 Å². The molecule has 0 fully saturated rings. The van der Waals surface area contributed by atoms with E-state index in [0.717, 1.165) is 12.8 Å². The van der Waals surface area contributed by atoms with Gasteiger partial charge in [-0.3, -0.25) is 14.5 Å². The number of unbranched alkanes of at least 4 members (excludes halogenated alkanes) is 1. The summed E-state index contributed by atoms with van der Waals surface area (Å²) in [5.41, 5.74) is 10.8. The van der Waals surface area contributed by atoms with E-state index in [1.807, 2.05) is 43.3 Å². The molecule has 132 valence electrons. The van der Waals surface area contributed by atoms with Crippen LogP contribution < -0.4 is 9.80 Å². The van der Waals surface area contributed by atoms with Crippen LogP contribution in [0.5, 0.6) is 0 Å². The van der Waals surface area contributed by atoms with Gasteiger partial charge in [0.15, 0.2) is 6.04 Å². The minimum Gasteiger partial charge on any atom is -0.310 e. The van der Waals surface area contributed by atoms with Gasteiger partial charge in [0.05, 0.1) is 11.4 Å². The Labute approximate surface area is 151 Å². The standard InChI is InChI=1S/C19H19N5O2/c1-2-3-13-23-15-11-7-8-12-16(15)24(14-9-5-4-6-10-14)19(26)17(18(23)25)21-22-20/h4-12,17H,2-3,13H2,1H3. The highest BCUT2D eigenvalue weighted by molar-refractivity contribution is 6.22. The second-order valence-corrected chi connectivity index (χ2v) is 5.95. The number of hydrogen-bond acceptors (Lipinski definition) is 3. The topological polar surface area (TPSA) is 89.4 Å². The summed E-state index contributed by atoms with van der Waals surface area (Å²) in [5.74, 6) is -1.04. The van der Waals surface area contributed by atoms with Gasteiger partial charge in [0.2, 0.25) is 11.8 Å². The summed E-state index contributed by atoms with van der Waals surface area (Å²) in [6.07, 6.45) is 1.68. The number of nitrogens with zero attached hydrogens (tertiary/aromatic N) is 5. The molecule has 0 radical (unpaired) electrons. The molecule has 7 heteroatoms. The van der Waals surface area contributed by atoms with Crippen molar-refractivity contribution in [2.75, 3.05) is 16.3 Å². The summed E-state index contributed by atoms with van der Waals surface area (Å²) < 4.78 is 0. The lowest BCUT2D eigenvalue weighted by Crippen LogP contribution is -2.44. The Balaban J connectivity index is 2.22. The van der Waals surface area contributed by atoms with Crippen molar-refractivity contribution in [3.05, 3.63) is 65.0 Å². The van der Waals surface area contributed by atoms with E-state index in [0.29, 0.717) is 23.6 Å². The third-order valence-electron chi connectivity index (χ3n) is 4.28. The first-order chi connectivity index (χ1) is 12.7. The molecule has 1 aliphatic heterocycles. The van der Waals surface area contributed by atoms with E-state index in [4.69, 9.17) is 5.53 Å². The fourth-order valence-electron chi connectivity index (χ4n) is 3.04. The van der Waals surface area contributed by atoms with Crippen molar-refractivity contribution in [2.24, 2.45) is 5.11 Å². The third-order valence-corrected chi connectivity index (χ3v) is 4.28. The van der Waals surface area contributed by atoms with Crippen molar-refractivity contribution >= 4 is 28.9 Å². The Morgan fingerprint density at radius 3 is 2.31 bits per heavy atom. The minimum atomic E-state index is -1.43. The Morgan fingerprint density at radius 1 is 1.00 bits per heavy atom. The van der Waals surface area contributed by atoms with Gasteiger partial charge in [-0.25, -0.2) is 0 Å². The summed E-state index contributed by atoms with van der Waals surface area (Å²) >= 11 is 0. The van der Waals surface area contributed by atoms with Gasteiger partial charge in [-0.15, -0.1) is 0 Å². The van der Waals surface area contributed by atoms with Gasteiger partial charge in [0.25, 0.3) is 0 Å². The van der Waals surface area contributed by atoms with Crippen molar-refractivity contribution < 1.29 is 9.59 Å². The number of carbonyl (C=O) groups is 2. The van der Waals surface area contributed by atoms with E-state index in [-0.39, 0.29) is 0 Å². The molecule has 1 aliphatic rings. The zero-order valence-corrected chi connectivity index (χ0v) is 14.4. The van der Waals surface area contributed by atoms with Crippen LogP contribution in [0.25, 0.3) is 10.4 Å². The molecule has 0 aliphatic carbocycles. The van der Waals surface area contributed by atoms with Gasteiger partial charge < -0.3 is 4.90 Å². The van der Waals surface area contributed by atoms with Crippen molar-refractivity contribution in [3.63, 3.8) is 0 Å². The Morgan fingerprint density at radius 2 is 1.65 bits per heavy atom. The fourth-order valence-corrected chi connectivity index (χ4v) is 3.04. The average Bonchev–Trinajstić information content (AvgIpc) is 2.75. The lowest BCUT2D eigenvalue weighted by Gasteiger charge is -2.25. The fraction of sp³-hybridized carbons (Fsp3) is 0.263. The molecule has 0 bridgehead atoms. The molecule has 1 heterocycles. The van der Waals surface area contributed by atoms with E-state index >= 15 is 0 Å². The second-order valence-electron chi connectivity index (χ2n) is 5.95. The number of fused-ring (bicyclic) bond motifs is 1. The van der Waals surface area contributed by atoms with Gasteiger partial charge in [-0.2, -0.15) is 0 Å². The number of azide groups is 1. The number of amides is 2. The highest BCUT2D eigenvalue weighted by Gasteiger charge is 2.40. The predicted octanol–water partition coefficient (Wildman–Crippen LogP) is 4.18. The first kappa shape index (κ1) is 17.5. The number of benzene rings is 2. The molecule has 2 aromatic rings. The highest BCUT2D eigenvalue weighted by Crippen LogP contribution is 2.38. The van der Waals surface area contributed by atoms with Crippen LogP contribution in [-0.4, -0.2) is 24.4 Å². The summed E-state index contributed by atoms with van der Waals surface area (Å²) in [7, 11) is 0. The molecule has 0 spiro atoms. The van der Waals surface area contributed by atoms with Crippen LogP contribution in [0.1, 0.15) is 19.8 Å². The number of anilines is 3. The maximum Gasteiger partial charge on any atom is 0.250 e. The zero-order chi connectivity index (χ0) is 18.5. The zero-order valence-electron chi connectivity index (χ0n) is 14.4. The molecule has 26 heavy (non-hydrogen) atoms. The maximum absolute atomic E-state index is 13.1. The van der Waals surface area contributed by atoms with E-state index in [1.54, 1.807) is 23.1 Å². The maximum atomic E-state index is 13.1. The number of carbonyl (C=O) groups excluding carboxylic acids is 2. The predicted molar refractivity (Wildman–Crippen MR) is 100 cm³/mol. The number of hydrogen-bond donors (Lipinski definition) is 0. The summed E-state index contributed by atoms with van der Waals surface area (Å²) in [5, 5.41) is 3.52. The van der Waals surface area contributed by atoms with Gasteiger partial charge in [-0.1, -0.05) is 48.8 Å². The van der Waals surface area contributed by atoms with Gasteiger partial charge in [0, 0.05) is 17.1 Å². The van der Waals surface area contributed by atoms with Gasteiger partial charge in [-0.05, 0) is 36.2 Å². The molecule has 0 aromatic heterocycles. The van der Waals surface area contributed by atoms with Crippen molar-refractivity contribution in [3.8, 4) is 0 Å². The van der Waals surface area contributed by atoms with Crippen LogP contribution >= 0.6 is 0 Å². The van der Waals surface area contributed by atoms with Crippen LogP contribution in [0, 0.1) is 0 Å². The monoisotopic (exact) mass is 349 g/mol. The lowest BCUT2D eigenvalue weighted by molar-refractivity contribution is -0.127. The van der Waals surface area contributed by atoms with Crippen LogP contribution in [0.3, 0.4) is 0 Å². The molecule has 2 amide bonds. The summed E-state index contributed by atoms with van der Waals surface area (Å²) in [6, 6.07) is 14.9. The average molecular weight is 349 g/mol. The van der Waals surface area contributed by atoms with Gasteiger partial charge >= 0.3 is 0 Å².